The van der Waals surface area contributed by atoms with Gasteiger partial charge in [-0.1, -0.05) is 52.3 Å². The van der Waals surface area contributed by atoms with Gasteiger partial charge in [0, 0.05) is 0 Å². The van der Waals surface area contributed by atoms with Crippen molar-refractivity contribution in [1.29, 1.82) is 0 Å². The van der Waals surface area contributed by atoms with E-state index in [0.717, 1.165) is 37.7 Å². The highest BCUT2D eigenvalue weighted by molar-refractivity contribution is 5.91. The van der Waals surface area contributed by atoms with Crippen molar-refractivity contribution in [3.8, 4) is 5.75 Å². The van der Waals surface area contributed by atoms with Crippen LogP contribution in [0.25, 0.3) is 6.08 Å². The van der Waals surface area contributed by atoms with Gasteiger partial charge in [0.1, 0.15) is 11.3 Å². The average molecular weight is 525 g/mol. The maximum absolute atomic E-state index is 11.9. The van der Waals surface area contributed by atoms with E-state index in [9.17, 15) is 20.1 Å². The number of carboxylic acid groups (broad SMARTS) is 1. The highest BCUT2D eigenvalue weighted by Crippen LogP contribution is 2.69. The second kappa shape index (κ2) is 10.3. The Morgan fingerprint density at radius 1 is 1.05 bits per heavy atom. The van der Waals surface area contributed by atoms with Crippen LogP contribution in [0.4, 0.5) is 0 Å². The topological polar surface area (TPSA) is 98.0 Å². The van der Waals surface area contributed by atoms with E-state index >= 15 is 0 Å². The molecular weight excluding hydrogens is 476 g/mol. The normalized spacial score (nSPS) is 43.3. The first-order chi connectivity index (χ1) is 18.0. The first-order valence-electron chi connectivity index (χ1n) is 15.1. The molecule has 0 aliphatic heterocycles. The molecule has 0 saturated heterocycles. The lowest BCUT2D eigenvalue weighted by Crippen LogP contribution is -2.62. The summed E-state index contributed by atoms with van der Waals surface area (Å²) < 4.78 is 0. The van der Waals surface area contributed by atoms with Crippen LogP contribution in [0.15, 0.2) is 24.3 Å². The molecule has 210 valence electrons. The van der Waals surface area contributed by atoms with Crippen molar-refractivity contribution in [2.45, 2.75) is 97.7 Å². The monoisotopic (exact) mass is 524 g/mol. The lowest BCUT2D eigenvalue weighted by atomic mass is 9.41. The molecule has 0 amide bonds. The standard InChI is InChI=1S/C33H48O5/c1-5-22-27-18-21(34)13-15-33(27,4)26-14-16-32(3)24(11-12-25(32)29(26)30(22)36)19(2)7-6-8-20-9-10-23(31(37)38)28(35)17-20/h6,8-10,17,19,21-22,24-27,29-30,34-36H,5,7,11-16,18H2,1-4H3,(H,37,38)/b8-6+/t19-,21-,22-,24-,25?,26?,27+,29?,30-,32-,33-/m1/s1. The summed E-state index contributed by atoms with van der Waals surface area (Å²) in [5.41, 5.74) is 1.22. The van der Waals surface area contributed by atoms with Crippen LogP contribution < -0.4 is 0 Å². The van der Waals surface area contributed by atoms with Crippen LogP contribution in [0.3, 0.4) is 0 Å². The molecule has 1 aromatic carbocycles. The minimum atomic E-state index is -1.12. The van der Waals surface area contributed by atoms with Crippen molar-refractivity contribution < 1.29 is 25.2 Å². The van der Waals surface area contributed by atoms with E-state index in [1.165, 1.54) is 37.8 Å². The zero-order valence-electron chi connectivity index (χ0n) is 23.6. The van der Waals surface area contributed by atoms with E-state index < -0.39 is 5.97 Å². The van der Waals surface area contributed by atoms with Gasteiger partial charge < -0.3 is 20.4 Å². The molecular formula is C33H48O5. The Kier molecular flexibility index (Phi) is 7.49. The SMILES string of the molecule is CC[C@H]1[C@@H](O)C2C3CC[C@H]([C@H](C)C/C=C/c4ccc(C(=O)O)c(O)c4)[C@@]3(C)CCC2[C@@]2(C)CC[C@@H](O)C[C@@H]12. The second-order valence-corrected chi connectivity index (χ2v) is 13.8. The first kappa shape index (κ1) is 27.7. The molecule has 0 spiro atoms. The highest BCUT2D eigenvalue weighted by atomic mass is 16.4. The highest BCUT2D eigenvalue weighted by Gasteiger charge is 2.64. The molecule has 0 aromatic heterocycles. The van der Waals surface area contributed by atoms with Crippen LogP contribution in [0.5, 0.6) is 5.75 Å². The number of benzene rings is 1. The van der Waals surface area contributed by atoms with Crippen LogP contribution in [-0.4, -0.2) is 38.6 Å². The largest absolute Gasteiger partial charge is 0.507 e. The van der Waals surface area contributed by atoms with Crippen molar-refractivity contribution in [3.63, 3.8) is 0 Å². The molecule has 0 bridgehead atoms. The molecule has 5 rings (SSSR count). The molecule has 4 aliphatic carbocycles. The molecule has 11 atom stereocenters. The van der Waals surface area contributed by atoms with E-state index in [1.807, 2.05) is 6.08 Å². The minimum absolute atomic E-state index is 0.0733. The lowest BCUT2D eigenvalue weighted by Gasteiger charge is -2.64. The lowest BCUT2D eigenvalue weighted by molar-refractivity contribution is -0.203. The summed E-state index contributed by atoms with van der Waals surface area (Å²) in [5.74, 6) is 2.04. The van der Waals surface area contributed by atoms with Gasteiger partial charge in [-0.25, -0.2) is 4.79 Å². The number of carbonyl (C=O) groups is 1. The van der Waals surface area contributed by atoms with Gasteiger partial charge in [0.25, 0.3) is 0 Å². The summed E-state index contributed by atoms with van der Waals surface area (Å²) in [6.45, 7) is 9.62. The van der Waals surface area contributed by atoms with Gasteiger partial charge in [-0.2, -0.15) is 0 Å². The second-order valence-electron chi connectivity index (χ2n) is 13.8. The number of aliphatic hydroxyl groups is 2. The van der Waals surface area contributed by atoms with Crippen LogP contribution in [0.1, 0.15) is 101 Å². The number of aromatic carboxylic acids is 1. The van der Waals surface area contributed by atoms with Gasteiger partial charge in [0.15, 0.2) is 0 Å². The zero-order chi connectivity index (χ0) is 27.4. The number of rotatable bonds is 6. The smallest absolute Gasteiger partial charge is 0.339 e. The zero-order valence-corrected chi connectivity index (χ0v) is 23.6. The summed E-state index contributed by atoms with van der Waals surface area (Å²) in [5, 5.41) is 41.6. The van der Waals surface area contributed by atoms with E-state index in [4.69, 9.17) is 5.11 Å². The molecule has 5 nitrogen and oxygen atoms in total. The molecule has 38 heavy (non-hydrogen) atoms. The van der Waals surface area contributed by atoms with Crippen LogP contribution in [0.2, 0.25) is 0 Å². The van der Waals surface area contributed by atoms with Crippen LogP contribution in [-0.2, 0) is 0 Å². The summed E-state index contributed by atoms with van der Waals surface area (Å²) >= 11 is 0. The van der Waals surface area contributed by atoms with Crippen LogP contribution >= 0.6 is 0 Å². The number of phenols is 1. The summed E-state index contributed by atoms with van der Waals surface area (Å²) in [6, 6.07) is 4.72. The number of hydrogen-bond donors (Lipinski definition) is 4. The van der Waals surface area contributed by atoms with Gasteiger partial charge in [-0.15, -0.1) is 0 Å². The first-order valence-corrected chi connectivity index (χ1v) is 15.1. The predicted molar refractivity (Wildman–Crippen MR) is 150 cm³/mol. The average Bonchev–Trinajstić information content (AvgIpc) is 3.22. The van der Waals surface area contributed by atoms with Gasteiger partial charge in [-0.3, -0.25) is 0 Å². The van der Waals surface area contributed by atoms with E-state index in [1.54, 1.807) is 6.07 Å². The quantitative estimate of drug-likeness (QED) is 0.330. The Morgan fingerprint density at radius 2 is 1.76 bits per heavy atom. The molecule has 4 fully saturated rings. The Bertz CT molecular complexity index is 1070. The number of carboxylic acids is 1. The predicted octanol–water partition coefficient (Wildman–Crippen LogP) is 6.76. The minimum Gasteiger partial charge on any atom is -0.507 e. The Balaban J connectivity index is 1.32. The Hall–Kier alpha value is -1.85. The van der Waals surface area contributed by atoms with Gasteiger partial charge >= 0.3 is 5.97 Å². The molecule has 4 N–H and O–H groups in total. The Morgan fingerprint density at radius 3 is 2.45 bits per heavy atom. The van der Waals surface area contributed by atoms with Crippen LogP contribution in [0, 0.1) is 52.3 Å². The number of fused-ring (bicyclic) bond motifs is 5. The van der Waals surface area contributed by atoms with E-state index in [-0.39, 0.29) is 34.4 Å². The van der Waals surface area contributed by atoms with Gasteiger partial charge in [0.05, 0.1) is 12.2 Å². The molecule has 0 heterocycles. The summed E-state index contributed by atoms with van der Waals surface area (Å²) in [6.07, 6.45) is 13.4. The third kappa shape index (κ3) is 4.42. The van der Waals surface area contributed by atoms with E-state index in [0.29, 0.717) is 41.4 Å². The van der Waals surface area contributed by atoms with Crippen molar-refractivity contribution in [2.24, 2.45) is 52.3 Å². The fraction of sp³-hybridized carbons (Fsp3) is 0.727. The maximum Gasteiger partial charge on any atom is 0.339 e. The molecule has 4 aliphatic rings. The third-order valence-corrected chi connectivity index (χ3v) is 12.2. The molecule has 0 radical (unpaired) electrons. The van der Waals surface area contributed by atoms with E-state index in [2.05, 4.69) is 33.8 Å². The maximum atomic E-state index is 11.9. The fourth-order valence-electron chi connectivity index (χ4n) is 10.3. The van der Waals surface area contributed by atoms with Crippen molar-refractivity contribution in [3.05, 3.63) is 35.4 Å². The summed E-state index contributed by atoms with van der Waals surface area (Å²) in [7, 11) is 0. The molecule has 4 saturated carbocycles. The Labute approximate surface area is 228 Å². The molecule has 3 unspecified atom stereocenters. The van der Waals surface area contributed by atoms with Gasteiger partial charge in [0.2, 0.25) is 0 Å². The fourth-order valence-corrected chi connectivity index (χ4v) is 10.3. The number of aromatic hydroxyl groups is 1. The third-order valence-electron chi connectivity index (χ3n) is 12.2. The number of allylic oxidation sites excluding steroid dienone is 1. The van der Waals surface area contributed by atoms with Crippen molar-refractivity contribution in [2.75, 3.05) is 0 Å². The number of aliphatic hydroxyl groups excluding tert-OH is 2. The molecule has 1 aromatic rings. The van der Waals surface area contributed by atoms with Crippen molar-refractivity contribution >= 4 is 12.0 Å². The molecule has 5 heteroatoms. The summed E-state index contributed by atoms with van der Waals surface area (Å²) in [4.78, 5) is 11.2. The van der Waals surface area contributed by atoms with Gasteiger partial charge in [-0.05, 0) is 121 Å². The number of hydrogen-bond acceptors (Lipinski definition) is 4. The van der Waals surface area contributed by atoms with Crippen molar-refractivity contribution in [1.82, 2.24) is 0 Å².